The number of amides is 1. The van der Waals surface area contributed by atoms with Crippen molar-refractivity contribution >= 4 is 44.5 Å². The molecule has 0 aliphatic carbocycles. The number of hydrogen-bond acceptors (Lipinski definition) is 6. The van der Waals surface area contributed by atoms with Crippen LogP contribution in [0, 0.1) is 5.92 Å². The number of thioether (sulfide) groups is 1. The molecule has 1 aliphatic rings. The molecule has 0 radical (unpaired) electrons. The highest BCUT2D eigenvalue weighted by Gasteiger charge is 2.38. The van der Waals surface area contributed by atoms with Gasteiger partial charge in [0.25, 0.3) is 0 Å². The van der Waals surface area contributed by atoms with Gasteiger partial charge >= 0.3 is 0 Å². The van der Waals surface area contributed by atoms with Gasteiger partial charge in [0.2, 0.25) is 5.91 Å². The Labute approximate surface area is 196 Å². The van der Waals surface area contributed by atoms with Crippen molar-refractivity contribution in [2.24, 2.45) is 10.9 Å². The largest absolute Gasteiger partial charge is 0.497 e. The zero-order valence-electron chi connectivity index (χ0n) is 18.3. The first-order valence-corrected chi connectivity index (χ1v) is 11.6. The van der Waals surface area contributed by atoms with Gasteiger partial charge in [-0.05, 0) is 64.2 Å². The van der Waals surface area contributed by atoms with Gasteiger partial charge in [0.15, 0.2) is 5.17 Å². The number of halogens is 1. The second-order valence-electron chi connectivity index (χ2n) is 7.54. The predicted molar refractivity (Wildman–Crippen MR) is 129 cm³/mol. The molecule has 0 spiro atoms. The Morgan fingerprint density at radius 2 is 1.74 bits per heavy atom. The van der Waals surface area contributed by atoms with E-state index in [1.165, 1.54) is 11.8 Å². The zero-order valence-corrected chi connectivity index (χ0v) is 20.7. The minimum absolute atomic E-state index is 0.0694. The normalized spacial score (nSPS) is 17.5. The van der Waals surface area contributed by atoms with Crippen LogP contribution in [0.1, 0.15) is 19.4 Å². The van der Waals surface area contributed by atoms with Crippen LogP contribution in [0.3, 0.4) is 0 Å². The topological polar surface area (TPSA) is 60.4 Å². The van der Waals surface area contributed by atoms with E-state index in [1.807, 2.05) is 36.4 Å². The Hall–Kier alpha value is -2.19. The number of ether oxygens (including phenoxy) is 3. The second-order valence-corrected chi connectivity index (χ2v) is 9.57. The van der Waals surface area contributed by atoms with Crippen molar-refractivity contribution in [1.82, 2.24) is 4.90 Å². The van der Waals surface area contributed by atoms with Crippen molar-refractivity contribution < 1.29 is 19.0 Å². The fraction of sp³-hybridized carbons (Fsp3) is 0.391. The van der Waals surface area contributed by atoms with E-state index < -0.39 is 0 Å². The molecule has 2 aromatic rings. The number of methoxy groups -OCH3 is 3. The third-order valence-corrected chi connectivity index (χ3v) is 6.62. The number of benzene rings is 2. The molecule has 1 atom stereocenters. The molecule has 0 aromatic heterocycles. The van der Waals surface area contributed by atoms with Gasteiger partial charge in [-0.2, -0.15) is 0 Å². The molecular formula is C23H27BrN2O4S. The lowest BCUT2D eigenvalue weighted by atomic mass is 10.1. The van der Waals surface area contributed by atoms with Crippen molar-refractivity contribution in [2.75, 3.05) is 27.9 Å². The minimum atomic E-state index is -0.273. The first kappa shape index (κ1) is 23.5. The first-order chi connectivity index (χ1) is 14.9. The summed E-state index contributed by atoms with van der Waals surface area (Å²) in [4.78, 5) is 19.8. The number of carbonyl (C=O) groups excluding carboxylic acids is 1. The fourth-order valence-corrected chi connectivity index (χ4v) is 5.06. The molecule has 0 N–H and O–H groups in total. The molecular weight excluding hydrogens is 480 g/mol. The Morgan fingerprint density at radius 1 is 1.06 bits per heavy atom. The molecule has 31 heavy (non-hydrogen) atoms. The lowest BCUT2D eigenvalue weighted by molar-refractivity contribution is -0.126. The summed E-state index contributed by atoms with van der Waals surface area (Å²) in [7, 11) is 4.87. The van der Waals surface area contributed by atoms with Gasteiger partial charge in [0.1, 0.15) is 17.2 Å². The van der Waals surface area contributed by atoms with Crippen LogP contribution >= 0.6 is 27.7 Å². The molecule has 1 aliphatic heterocycles. The van der Waals surface area contributed by atoms with Crippen LogP contribution in [-0.4, -0.2) is 49.1 Å². The number of hydrogen-bond donors (Lipinski definition) is 0. The fourth-order valence-electron chi connectivity index (χ4n) is 3.31. The van der Waals surface area contributed by atoms with Crippen LogP contribution < -0.4 is 14.2 Å². The highest BCUT2D eigenvalue weighted by atomic mass is 79.9. The van der Waals surface area contributed by atoms with E-state index >= 15 is 0 Å². The summed E-state index contributed by atoms with van der Waals surface area (Å²) < 4.78 is 17.0. The molecule has 1 fully saturated rings. The molecule has 3 rings (SSSR count). The van der Waals surface area contributed by atoms with Gasteiger partial charge in [-0.3, -0.25) is 9.69 Å². The van der Waals surface area contributed by atoms with Gasteiger partial charge in [0.05, 0.1) is 36.7 Å². The van der Waals surface area contributed by atoms with E-state index in [4.69, 9.17) is 19.2 Å². The molecule has 1 saturated heterocycles. The molecule has 166 valence electrons. The van der Waals surface area contributed by atoms with Crippen LogP contribution in [0.15, 0.2) is 45.9 Å². The van der Waals surface area contributed by atoms with E-state index in [0.29, 0.717) is 30.4 Å². The smallest absolute Gasteiger partial charge is 0.242 e. The van der Waals surface area contributed by atoms with Crippen molar-refractivity contribution in [1.29, 1.82) is 0 Å². The Kier molecular flexibility index (Phi) is 7.89. The highest BCUT2D eigenvalue weighted by molar-refractivity contribution is 9.10. The summed E-state index contributed by atoms with van der Waals surface area (Å²) in [5, 5.41) is 0.449. The maximum Gasteiger partial charge on any atom is 0.242 e. The molecule has 1 heterocycles. The van der Waals surface area contributed by atoms with Gasteiger partial charge < -0.3 is 14.2 Å². The van der Waals surface area contributed by atoms with E-state index in [0.717, 1.165) is 26.6 Å². The van der Waals surface area contributed by atoms with Crippen LogP contribution in [0.5, 0.6) is 17.2 Å². The maximum absolute atomic E-state index is 13.3. The van der Waals surface area contributed by atoms with E-state index in [9.17, 15) is 4.79 Å². The average Bonchev–Trinajstić information content (AvgIpc) is 3.03. The SMILES string of the molecule is COc1ccc(N=C2S[C@H](Cc3cc(Br)c(OC)cc3OC)C(=O)N2CC(C)C)cc1. The third kappa shape index (κ3) is 5.54. The standard InChI is InChI=1S/C23H27BrN2O4S/c1-14(2)13-26-22(27)21(11-15-10-18(24)20(30-5)12-19(15)29-4)31-23(26)25-16-6-8-17(28-3)9-7-16/h6-10,12,14,21H,11,13H2,1-5H3/t21-/m1/s1. The van der Waals surface area contributed by atoms with E-state index in [1.54, 1.807) is 26.2 Å². The first-order valence-electron chi connectivity index (χ1n) is 9.97. The summed E-state index contributed by atoms with van der Waals surface area (Å²) in [5.41, 5.74) is 1.73. The zero-order chi connectivity index (χ0) is 22.5. The molecule has 8 heteroatoms. The number of aliphatic imine (C=N–C) groups is 1. The van der Waals surface area contributed by atoms with Crippen LogP contribution in [0.25, 0.3) is 0 Å². The number of rotatable bonds is 8. The second kappa shape index (κ2) is 10.4. The van der Waals surface area contributed by atoms with Crippen molar-refractivity contribution in [2.45, 2.75) is 25.5 Å². The average molecular weight is 507 g/mol. The monoisotopic (exact) mass is 506 g/mol. The van der Waals surface area contributed by atoms with Gasteiger partial charge in [-0.25, -0.2) is 4.99 Å². The number of amidine groups is 1. The molecule has 0 unspecified atom stereocenters. The molecule has 1 amide bonds. The van der Waals surface area contributed by atoms with E-state index in [2.05, 4.69) is 29.8 Å². The summed E-state index contributed by atoms with van der Waals surface area (Å²) in [6.07, 6.45) is 0.533. The Balaban J connectivity index is 1.89. The predicted octanol–water partition coefficient (Wildman–Crippen LogP) is 5.31. The molecule has 2 aromatic carbocycles. The van der Waals surface area contributed by atoms with Crippen molar-refractivity contribution in [3.05, 3.63) is 46.4 Å². The number of carbonyl (C=O) groups is 1. The number of nitrogens with zero attached hydrogens (tertiary/aromatic N) is 2. The van der Waals surface area contributed by atoms with Crippen LogP contribution in [-0.2, 0) is 11.2 Å². The van der Waals surface area contributed by atoms with Gasteiger partial charge in [-0.15, -0.1) is 0 Å². The third-order valence-electron chi connectivity index (χ3n) is 4.83. The summed E-state index contributed by atoms with van der Waals surface area (Å²) >= 11 is 5.03. The van der Waals surface area contributed by atoms with E-state index in [-0.39, 0.29) is 11.2 Å². The molecule has 0 bridgehead atoms. The lowest BCUT2D eigenvalue weighted by Gasteiger charge is -2.19. The van der Waals surface area contributed by atoms with Crippen LogP contribution in [0.2, 0.25) is 0 Å². The quantitative estimate of drug-likeness (QED) is 0.485. The van der Waals surface area contributed by atoms with Crippen LogP contribution in [0.4, 0.5) is 5.69 Å². The van der Waals surface area contributed by atoms with Crippen molar-refractivity contribution in [3.8, 4) is 17.2 Å². The van der Waals surface area contributed by atoms with Crippen molar-refractivity contribution in [3.63, 3.8) is 0 Å². The lowest BCUT2D eigenvalue weighted by Crippen LogP contribution is -2.35. The summed E-state index contributed by atoms with van der Waals surface area (Å²) in [5.74, 6) is 2.56. The maximum atomic E-state index is 13.3. The Bertz CT molecular complexity index is 963. The highest BCUT2D eigenvalue weighted by Crippen LogP contribution is 2.38. The summed E-state index contributed by atoms with van der Waals surface area (Å²) in [6, 6.07) is 11.3. The molecule has 0 saturated carbocycles. The van der Waals surface area contributed by atoms with Gasteiger partial charge in [-0.1, -0.05) is 25.6 Å². The summed E-state index contributed by atoms with van der Waals surface area (Å²) in [6.45, 7) is 4.82. The Morgan fingerprint density at radius 3 is 2.32 bits per heavy atom. The van der Waals surface area contributed by atoms with Gasteiger partial charge in [0, 0.05) is 12.6 Å². The minimum Gasteiger partial charge on any atom is -0.497 e. The molecule has 6 nitrogen and oxygen atoms in total.